The molecule has 0 spiro atoms. The second-order valence-electron chi connectivity index (χ2n) is 4.31. The third-order valence-electron chi connectivity index (χ3n) is 2.58. The van der Waals surface area contributed by atoms with Crippen LogP contribution in [-0.4, -0.2) is 11.3 Å². The van der Waals surface area contributed by atoms with E-state index in [1.165, 1.54) is 0 Å². The molecule has 1 fully saturated rings. The molecule has 0 amide bonds. The molecule has 0 bridgehead atoms. The fourth-order valence-electron chi connectivity index (χ4n) is 1.79. The third kappa shape index (κ3) is 2.68. The highest BCUT2D eigenvalue weighted by molar-refractivity contribution is 9.09. The highest BCUT2D eigenvalue weighted by Gasteiger charge is 2.45. The van der Waals surface area contributed by atoms with Crippen LogP contribution in [0.5, 0.6) is 0 Å². The predicted octanol–water partition coefficient (Wildman–Crippen LogP) is 3.84. The van der Waals surface area contributed by atoms with Crippen LogP contribution in [0.4, 0.5) is 8.78 Å². The Morgan fingerprint density at radius 1 is 1.33 bits per heavy atom. The maximum atomic E-state index is 12.8. The van der Waals surface area contributed by atoms with Gasteiger partial charge in [0.25, 0.3) is 0 Å². The fourth-order valence-corrected chi connectivity index (χ4v) is 2.45. The first-order valence-corrected chi connectivity index (χ1v) is 5.43. The molecule has 1 aliphatic rings. The summed E-state index contributed by atoms with van der Waals surface area (Å²) < 4.78 is 25.5. The number of alkyl halides is 3. The van der Waals surface area contributed by atoms with Gasteiger partial charge in [0.05, 0.1) is 0 Å². The zero-order valence-electron chi connectivity index (χ0n) is 7.54. The van der Waals surface area contributed by atoms with Gasteiger partial charge in [-0.25, -0.2) is 8.78 Å². The molecule has 1 unspecified atom stereocenters. The Morgan fingerprint density at radius 3 is 2.08 bits per heavy atom. The average molecular weight is 241 g/mol. The van der Waals surface area contributed by atoms with Crippen LogP contribution in [0, 0.1) is 11.3 Å². The van der Waals surface area contributed by atoms with E-state index < -0.39 is 5.92 Å². The Kier molecular flexibility index (Phi) is 2.81. The minimum Gasteiger partial charge on any atom is -0.207 e. The summed E-state index contributed by atoms with van der Waals surface area (Å²) in [6.07, 6.45) is 2.26. The molecule has 1 aliphatic carbocycles. The molecule has 3 heteroatoms. The van der Waals surface area contributed by atoms with Gasteiger partial charge in [-0.2, -0.15) is 0 Å². The van der Waals surface area contributed by atoms with Crippen molar-refractivity contribution < 1.29 is 8.78 Å². The molecule has 0 aliphatic heterocycles. The highest BCUT2D eigenvalue weighted by Crippen LogP contribution is 2.51. The van der Waals surface area contributed by atoms with Gasteiger partial charge in [0, 0.05) is 11.8 Å². The Morgan fingerprint density at radius 2 is 1.83 bits per heavy atom. The minimum absolute atomic E-state index is 0.00984. The second kappa shape index (κ2) is 3.24. The fraction of sp³-hybridized carbons (Fsp3) is 1.00. The van der Waals surface area contributed by atoms with Crippen molar-refractivity contribution in [3.05, 3.63) is 0 Å². The first-order chi connectivity index (χ1) is 5.37. The van der Waals surface area contributed by atoms with Crippen molar-refractivity contribution in [2.45, 2.75) is 39.0 Å². The van der Waals surface area contributed by atoms with Crippen molar-refractivity contribution in [3.63, 3.8) is 0 Å². The van der Waals surface area contributed by atoms with Gasteiger partial charge >= 0.3 is 0 Å². The van der Waals surface area contributed by atoms with Crippen molar-refractivity contribution in [3.8, 4) is 0 Å². The molecule has 72 valence electrons. The van der Waals surface area contributed by atoms with Gasteiger partial charge in [-0.1, -0.05) is 22.9 Å². The van der Waals surface area contributed by atoms with Crippen molar-refractivity contribution in [1.82, 2.24) is 0 Å². The van der Waals surface area contributed by atoms with Crippen LogP contribution in [0.2, 0.25) is 0 Å². The van der Waals surface area contributed by atoms with Crippen LogP contribution in [0.3, 0.4) is 0 Å². The average Bonchev–Trinajstić information content (AvgIpc) is 2.64. The Balaban J connectivity index is 2.54. The summed E-state index contributed by atoms with van der Waals surface area (Å²) in [5.74, 6) is -2.01. The van der Waals surface area contributed by atoms with Crippen molar-refractivity contribution in [2.24, 2.45) is 11.3 Å². The molecule has 1 rings (SSSR count). The zero-order valence-corrected chi connectivity index (χ0v) is 9.13. The van der Waals surface area contributed by atoms with E-state index in [4.69, 9.17) is 0 Å². The summed E-state index contributed by atoms with van der Waals surface area (Å²) in [5.41, 5.74) is -0.196. The van der Waals surface area contributed by atoms with Crippen molar-refractivity contribution in [1.29, 1.82) is 0 Å². The van der Waals surface area contributed by atoms with E-state index in [1.54, 1.807) is 0 Å². The molecule has 1 saturated carbocycles. The van der Waals surface area contributed by atoms with E-state index in [9.17, 15) is 8.78 Å². The summed E-state index contributed by atoms with van der Waals surface area (Å²) in [6.45, 7) is 2.97. The molecule has 0 N–H and O–H groups in total. The topological polar surface area (TPSA) is 0 Å². The van der Waals surface area contributed by atoms with E-state index in [0.29, 0.717) is 11.2 Å². The number of halogens is 3. The van der Waals surface area contributed by atoms with E-state index in [1.807, 2.05) is 6.92 Å². The van der Waals surface area contributed by atoms with Gasteiger partial charge in [0.2, 0.25) is 5.92 Å². The maximum absolute atomic E-state index is 12.8. The van der Waals surface area contributed by atoms with Crippen LogP contribution in [0.1, 0.15) is 33.1 Å². The van der Waals surface area contributed by atoms with Crippen LogP contribution >= 0.6 is 15.9 Å². The molecule has 0 nitrogen and oxygen atoms in total. The summed E-state index contributed by atoms with van der Waals surface area (Å²) in [7, 11) is 0. The maximum Gasteiger partial charge on any atom is 0.246 e. The molecule has 1 atom stereocenters. The molecule has 0 aromatic carbocycles. The van der Waals surface area contributed by atoms with Crippen molar-refractivity contribution in [2.75, 3.05) is 5.33 Å². The van der Waals surface area contributed by atoms with Gasteiger partial charge in [-0.3, -0.25) is 0 Å². The predicted molar refractivity (Wildman–Crippen MR) is 49.9 cm³/mol. The van der Waals surface area contributed by atoms with Crippen molar-refractivity contribution >= 4 is 15.9 Å². The van der Waals surface area contributed by atoms with Crippen LogP contribution in [0.15, 0.2) is 0 Å². The zero-order chi connectivity index (χ0) is 9.41. The summed E-state index contributed by atoms with van der Waals surface area (Å²) in [5, 5.41) is 0.689. The number of rotatable bonds is 4. The lowest BCUT2D eigenvalue weighted by Crippen LogP contribution is -2.29. The SMILES string of the molecule is CC(F)(F)CC(C)(CBr)C1CC1. The van der Waals surface area contributed by atoms with Gasteiger partial charge in [0.15, 0.2) is 0 Å². The van der Waals surface area contributed by atoms with E-state index in [2.05, 4.69) is 15.9 Å². The third-order valence-corrected chi connectivity index (χ3v) is 3.86. The summed E-state index contributed by atoms with van der Waals surface area (Å²) in [4.78, 5) is 0. The first-order valence-electron chi connectivity index (χ1n) is 4.31. The Bertz CT molecular complexity index is 160. The van der Waals surface area contributed by atoms with E-state index in [-0.39, 0.29) is 11.8 Å². The van der Waals surface area contributed by atoms with E-state index >= 15 is 0 Å². The monoisotopic (exact) mass is 240 g/mol. The largest absolute Gasteiger partial charge is 0.246 e. The van der Waals surface area contributed by atoms with Gasteiger partial charge in [-0.05, 0) is 31.1 Å². The molecule has 0 aromatic heterocycles. The van der Waals surface area contributed by atoms with Gasteiger partial charge in [0.1, 0.15) is 0 Å². The van der Waals surface area contributed by atoms with Gasteiger partial charge in [-0.15, -0.1) is 0 Å². The quantitative estimate of drug-likeness (QED) is 0.656. The minimum atomic E-state index is -2.52. The number of hydrogen-bond donors (Lipinski definition) is 0. The first kappa shape index (κ1) is 10.4. The normalized spacial score (nSPS) is 23.8. The lowest BCUT2D eigenvalue weighted by molar-refractivity contribution is -0.0247. The van der Waals surface area contributed by atoms with Crippen LogP contribution in [-0.2, 0) is 0 Å². The molecular formula is C9H15BrF2. The second-order valence-corrected chi connectivity index (χ2v) is 4.87. The molecular weight excluding hydrogens is 226 g/mol. The number of hydrogen-bond acceptors (Lipinski definition) is 0. The lowest BCUT2D eigenvalue weighted by atomic mass is 9.81. The molecule has 0 heterocycles. The summed E-state index contributed by atoms with van der Waals surface area (Å²) in [6, 6.07) is 0. The summed E-state index contributed by atoms with van der Waals surface area (Å²) >= 11 is 3.33. The smallest absolute Gasteiger partial charge is 0.207 e. The lowest BCUT2D eigenvalue weighted by Gasteiger charge is -2.30. The Labute approximate surface area is 80.9 Å². The Hall–Kier alpha value is 0.340. The van der Waals surface area contributed by atoms with Crippen LogP contribution < -0.4 is 0 Å². The molecule has 0 aromatic rings. The molecule has 0 radical (unpaired) electrons. The van der Waals surface area contributed by atoms with E-state index in [0.717, 1.165) is 19.8 Å². The van der Waals surface area contributed by atoms with Crippen LogP contribution in [0.25, 0.3) is 0 Å². The van der Waals surface area contributed by atoms with Gasteiger partial charge < -0.3 is 0 Å². The standard InChI is InChI=1S/C9H15BrF2/c1-8(6-10,7-3-4-7)5-9(2,11)12/h7H,3-6H2,1-2H3. The molecule has 12 heavy (non-hydrogen) atoms. The highest BCUT2D eigenvalue weighted by atomic mass is 79.9. The molecule has 0 saturated heterocycles.